The molecule has 6 nitrogen and oxygen atoms in total. The van der Waals surface area contributed by atoms with E-state index in [1.165, 1.54) is 29.2 Å². The van der Waals surface area contributed by atoms with Crippen LogP contribution in [0.4, 0.5) is 4.39 Å². The van der Waals surface area contributed by atoms with Crippen LogP contribution in [0, 0.1) is 5.82 Å². The van der Waals surface area contributed by atoms with Crippen LogP contribution in [0.5, 0.6) is 0 Å². The summed E-state index contributed by atoms with van der Waals surface area (Å²) in [6.07, 6.45) is 3.02. The fourth-order valence-electron chi connectivity index (χ4n) is 1.47. The third-order valence-corrected chi connectivity index (χ3v) is 2.27. The molecule has 0 bridgehead atoms. The van der Waals surface area contributed by atoms with Gasteiger partial charge in [-0.15, -0.1) is 5.10 Å². The standard InChI is InChI=1S/C9H11FN6/c1-16-7(5-13-15-16)9(14-11)8-6(10)3-2-4-12-8/h2-5,9,14H,11H2,1H3. The summed E-state index contributed by atoms with van der Waals surface area (Å²) in [6, 6.07) is 2.28. The molecule has 16 heavy (non-hydrogen) atoms. The zero-order valence-electron chi connectivity index (χ0n) is 8.63. The van der Waals surface area contributed by atoms with Crippen molar-refractivity contribution in [3.05, 3.63) is 41.7 Å². The maximum atomic E-state index is 13.5. The predicted octanol–water partition coefficient (Wildman–Crippen LogP) is -0.0981. The van der Waals surface area contributed by atoms with Crippen molar-refractivity contribution in [3.63, 3.8) is 0 Å². The lowest BCUT2D eigenvalue weighted by Gasteiger charge is -2.15. The van der Waals surface area contributed by atoms with Gasteiger partial charge in [0.15, 0.2) is 0 Å². The van der Waals surface area contributed by atoms with Crippen LogP contribution < -0.4 is 11.3 Å². The Balaban J connectivity index is 2.45. The minimum atomic E-state index is -0.568. The summed E-state index contributed by atoms with van der Waals surface area (Å²) in [5, 5.41) is 7.47. The number of hydrogen-bond acceptors (Lipinski definition) is 5. The normalized spacial score (nSPS) is 12.7. The molecule has 0 radical (unpaired) electrons. The summed E-state index contributed by atoms with van der Waals surface area (Å²) in [6.45, 7) is 0. The van der Waals surface area contributed by atoms with Crippen LogP contribution in [-0.2, 0) is 7.05 Å². The summed E-state index contributed by atoms with van der Waals surface area (Å²) in [5.74, 6) is 4.98. The van der Waals surface area contributed by atoms with Gasteiger partial charge in [0.2, 0.25) is 0 Å². The highest BCUT2D eigenvalue weighted by Gasteiger charge is 2.20. The molecule has 3 N–H and O–H groups in total. The van der Waals surface area contributed by atoms with Gasteiger partial charge in [-0.05, 0) is 12.1 Å². The van der Waals surface area contributed by atoms with Gasteiger partial charge in [-0.1, -0.05) is 5.21 Å². The Morgan fingerprint density at radius 3 is 2.94 bits per heavy atom. The average molecular weight is 222 g/mol. The summed E-state index contributed by atoms with van der Waals surface area (Å²) in [5.41, 5.74) is 3.36. The van der Waals surface area contributed by atoms with Gasteiger partial charge in [-0.3, -0.25) is 15.5 Å². The number of nitrogens with two attached hydrogens (primary N) is 1. The molecule has 0 aliphatic heterocycles. The summed E-state index contributed by atoms with van der Waals surface area (Å²) in [7, 11) is 1.70. The van der Waals surface area contributed by atoms with E-state index >= 15 is 0 Å². The number of nitrogens with one attached hydrogen (secondary N) is 1. The Bertz CT molecular complexity index is 482. The van der Waals surface area contributed by atoms with E-state index in [0.717, 1.165) is 0 Å². The molecule has 0 aliphatic carbocycles. The number of pyridine rings is 1. The Labute approximate surface area is 91.3 Å². The van der Waals surface area contributed by atoms with E-state index in [2.05, 4.69) is 20.7 Å². The van der Waals surface area contributed by atoms with Gasteiger partial charge in [0.1, 0.15) is 17.6 Å². The largest absolute Gasteiger partial charge is 0.270 e. The van der Waals surface area contributed by atoms with E-state index in [0.29, 0.717) is 5.69 Å². The number of aryl methyl sites for hydroxylation is 1. The van der Waals surface area contributed by atoms with E-state index in [1.807, 2.05) is 0 Å². The molecule has 0 amide bonds. The van der Waals surface area contributed by atoms with Crippen molar-refractivity contribution < 1.29 is 4.39 Å². The topological polar surface area (TPSA) is 81.7 Å². The molecular formula is C9H11FN6. The molecule has 0 aromatic carbocycles. The molecule has 1 unspecified atom stereocenters. The molecule has 0 fully saturated rings. The smallest absolute Gasteiger partial charge is 0.146 e. The summed E-state index contributed by atoms with van der Waals surface area (Å²) in [4.78, 5) is 3.96. The highest BCUT2D eigenvalue weighted by atomic mass is 19.1. The second kappa shape index (κ2) is 4.33. The van der Waals surface area contributed by atoms with E-state index in [4.69, 9.17) is 5.84 Å². The van der Waals surface area contributed by atoms with Crippen molar-refractivity contribution in [2.45, 2.75) is 6.04 Å². The van der Waals surface area contributed by atoms with Crippen LogP contribution >= 0.6 is 0 Å². The molecular weight excluding hydrogens is 211 g/mol. The van der Waals surface area contributed by atoms with Gasteiger partial charge in [0.25, 0.3) is 0 Å². The highest BCUT2D eigenvalue weighted by Crippen LogP contribution is 2.19. The van der Waals surface area contributed by atoms with E-state index < -0.39 is 11.9 Å². The number of rotatable bonds is 3. The zero-order chi connectivity index (χ0) is 11.5. The Morgan fingerprint density at radius 1 is 1.56 bits per heavy atom. The van der Waals surface area contributed by atoms with Gasteiger partial charge >= 0.3 is 0 Å². The number of halogens is 1. The molecule has 2 aromatic rings. The molecule has 0 saturated carbocycles. The Hall–Kier alpha value is -1.86. The second-order valence-corrected chi connectivity index (χ2v) is 3.25. The summed E-state index contributed by atoms with van der Waals surface area (Å²) < 4.78 is 15.1. The molecule has 84 valence electrons. The maximum absolute atomic E-state index is 13.5. The molecule has 7 heteroatoms. The molecule has 2 heterocycles. The maximum Gasteiger partial charge on any atom is 0.146 e. The number of hydrazine groups is 1. The van der Waals surface area contributed by atoms with Crippen molar-refractivity contribution in [2.75, 3.05) is 0 Å². The highest BCUT2D eigenvalue weighted by molar-refractivity contribution is 5.21. The molecule has 2 aromatic heterocycles. The molecule has 1 atom stereocenters. The lowest BCUT2D eigenvalue weighted by atomic mass is 10.1. The first-order valence-corrected chi connectivity index (χ1v) is 4.65. The zero-order valence-corrected chi connectivity index (χ0v) is 8.63. The third kappa shape index (κ3) is 1.77. The van der Waals surface area contributed by atoms with Crippen molar-refractivity contribution in [3.8, 4) is 0 Å². The molecule has 2 rings (SSSR count). The minimum Gasteiger partial charge on any atom is -0.270 e. The van der Waals surface area contributed by atoms with Crippen LogP contribution in [0.15, 0.2) is 24.5 Å². The van der Waals surface area contributed by atoms with Crippen LogP contribution in [0.3, 0.4) is 0 Å². The first-order chi connectivity index (χ1) is 7.74. The quantitative estimate of drug-likeness (QED) is 0.560. The number of aromatic nitrogens is 4. The fourth-order valence-corrected chi connectivity index (χ4v) is 1.47. The van der Waals surface area contributed by atoms with Gasteiger partial charge in [-0.25, -0.2) is 9.82 Å². The minimum absolute atomic E-state index is 0.218. The Morgan fingerprint density at radius 2 is 2.38 bits per heavy atom. The van der Waals surface area contributed by atoms with Crippen molar-refractivity contribution in [2.24, 2.45) is 12.9 Å². The van der Waals surface area contributed by atoms with Crippen LogP contribution in [0.2, 0.25) is 0 Å². The third-order valence-electron chi connectivity index (χ3n) is 2.27. The van der Waals surface area contributed by atoms with Crippen molar-refractivity contribution in [1.82, 2.24) is 25.4 Å². The molecule has 0 saturated heterocycles. The first-order valence-electron chi connectivity index (χ1n) is 4.65. The van der Waals surface area contributed by atoms with Gasteiger partial charge in [-0.2, -0.15) is 0 Å². The average Bonchev–Trinajstić information content (AvgIpc) is 2.69. The lowest BCUT2D eigenvalue weighted by molar-refractivity contribution is 0.517. The van der Waals surface area contributed by atoms with Gasteiger partial charge in [0.05, 0.1) is 11.9 Å². The Kier molecular flexibility index (Phi) is 2.88. The second-order valence-electron chi connectivity index (χ2n) is 3.25. The van der Waals surface area contributed by atoms with E-state index in [1.54, 1.807) is 7.05 Å². The van der Waals surface area contributed by atoms with Crippen LogP contribution in [-0.4, -0.2) is 20.0 Å². The number of nitrogens with zero attached hydrogens (tertiary/aromatic N) is 4. The number of hydrogen-bond donors (Lipinski definition) is 2. The SMILES string of the molecule is Cn1nncc1C(NN)c1ncccc1F. The van der Waals surface area contributed by atoms with Crippen LogP contribution in [0.1, 0.15) is 17.4 Å². The van der Waals surface area contributed by atoms with E-state index in [-0.39, 0.29) is 5.69 Å². The lowest BCUT2D eigenvalue weighted by Crippen LogP contribution is -2.31. The molecule has 0 spiro atoms. The van der Waals surface area contributed by atoms with Gasteiger partial charge < -0.3 is 0 Å². The van der Waals surface area contributed by atoms with E-state index in [9.17, 15) is 4.39 Å². The summed E-state index contributed by atoms with van der Waals surface area (Å²) >= 11 is 0. The van der Waals surface area contributed by atoms with Crippen LogP contribution in [0.25, 0.3) is 0 Å². The van der Waals surface area contributed by atoms with Crippen molar-refractivity contribution in [1.29, 1.82) is 0 Å². The first kappa shape index (κ1) is 10.7. The molecule has 0 aliphatic rings. The predicted molar refractivity (Wildman–Crippen MR) is 54.4 cm³/mol. The van der Waals surface area contributed by atoms with Gasteiger partial charge in [0, 0.05) is 13.2 Å². The monoisotopic (exact) mass is 222 g/mol. The fraction of sp³-hybridized carbons (Fsp3) is 0.222. The van der Waals surface area contributed by atoms with Crippen molar-refractivity contribution >= 4 is 0 Å².